The molecule has 0 unspecified atom stereocenters. The second-order valence-electron chi connectivity index (χ2n) is 5.72. The summed E-state index contributed by atoms with van der Waals surface area (Å²) in [5.41, 5.74) is -0.386. The Morgan fingerprint density at radius 3 is 2.29 bits per heavy atom. The Balaban J connectivity index is 0.000000186. The zero-order valence-corrected chi connectivity index (χ0v) is 12.2. The van der Waals surface area contributed by atoms with E-state index in [1.165, 1.54) is 0 Å². The Bertz CT molecular complexity index is 569. The predicted molar refractivity (Wildman–Crippen MR) is 78.0 cm³/mol. The molecule has 4 rings (SSSR count). The van der Waals surface area contributed by atoms with Crippen LogP contribution in [0.2, 0.25) is 0 Å². The van der Waals surface area contributed by atoms with E-state index in [-0.39, 0.29) is 11.2 Å². The van der Waals surface area contributed by atoms with Crippen molar-refractivity contribution in [3.05, 3.63) is 48.0 Å². The van der Waals surface area contributed by atoms with Crippen molar-refractivity contribution in [1.82, 2.24) is 14.8 Å². The Labute approximate surface area is 124 Å². The summed E-state index contributed by atoms with van der Waals surface area (Å²) in [7, 11) is 0. The monoisotopic (exact) mass is 285 g/mol. The third-order valence-electron chi connectivity index (χ3n) is 3.78. The summed E-state index contributed by atoms with van der Waals surface area (Å²) in [5, 5.41) is 4.24. The van der Waals surface area contributed by atoms with Crippen LogP contribution in [0.25, 0.3) is 0 Å². The highest BCUT2D eigenvalue weighted by Gasteiger charge is 2.43. The summed E-state index contributed by atoms with van der Waals surface area (Å²) in [6, 6.07) is 12.0. The van der Waals surface area contributed by atoms with Gasteiger partial charge in [0.25, 0.3) is 0 Å². The lowest BCUT2D eigenvalue weighted by Crippen LogP contribution is -2.46. The van der Waals surface area contributed by atoms with Crippen molar-refractivity contribution < 1.29 is 9.53 Å². The largest absolute Gasteiger partial charge is 0.379 e. The molecule has 0 spiro atoms. The van der Waals surface area contributed by atoms with Crippen LogP contribution in [0.3, 0.4) is 0 Å². The van der Waals surface area contributed by atoms with E-state index in [0.29, 0.717) is 19.0 Å². The molecule has 3 heterocycles. The average Bonchev–Trinajstić information content (AvgIpc) is 3.08. The molecule has 2 aromatic rings. The third-order valence-corrected chi connectivity index (χ3v) is 3.78. The van der Waals surface area contributed by atoms with Crippen LogP contribution in [0.4, 0.5) is 0 Å². The molecular formula is C16H19N3O2. The SMILES string of the molecule is CC1(C(=O)c2nc3n(n2)CCC3)COC1.c1ccccc1. The molecule has 0 aliphatic carbocycles. The average molecular weight is 285 g/mol. The van der Waals surface area contributed by atoms with Crippen LogP contribution in [0.1, 0.15) is 29.8 Å². The van der Waals surface area contributed by atoms with Gasteiger partial charge in [-0.1, -0.05) is 36.4 Å². The highest BCUT2D eigenvalue weighted by atomic mass is 16.5. The molecule has 1 aromatic carbocycles. The number of nitrogens with zero attached hydrogens (tertiary/aromatic N) is 3. The summed E-state index contributed by atoms with van der Waals surface area (Å²) < 4.78 is 6.92. The summed E-state index contributed by atoms with van der Waals surface area (Å²) in [6.07, 6.45) is 2.03. The molecule has 0 saturated carbocycles. The first-order valence-electron chi connectivity index (χ1n) is 7.25. The zero-order valence-electron chi connectivity index (χ0n) is 12.2. The maximum atomic E-state index is 12.0. The van der Waals surface area contributed by atoms with Crippen LogP contribution in [0.15, 0.2) is 36.4 Å². The number of benzene rings is 1. The highest BCUT2D eigenvalue weighted by molar-refractivity contribution is 5.97. The number of ether oxygens (including phenoxy) is 1. The van der Waals surface area contributed by atoms with Gasteiger partial charge in [0.05, 0.1) is 18.6 Å². The number of Topliss-reactive ketones (excluding diaryl/α,β-unsaturated/α-hetero) is 1. The van der Waals surface area contributed by atoms with Gasteiger partial charge in [-0.25, -0.2) is 9.67 Å². The smallest absolute Gasteiger partial charge is 0.218 e. The van der Waals surface area contributed by atoms with Crippen molar-refractivity contribution in [3.63, 3.8) is 0 Å². The van der Waals surface area contributed by atoms with Crippen LogP contribution in [0.5, 0.6) is 0 Å². The molecule has 1 aromatic heterocycles. The fourth-order valence-electron chi connectivity index (χ4n) is 2.42. The van der Waals surface area contributed by atoms with Gasteiger partial charge in [0.1, 0.15) is 5.82 Å². The molecule has 0 atom stereocenters. The van der Waals surface area contributed by atoms with E-state index in [4.69, 9.17) is 4.74 Å². The zero-order chi connectivity index (χ0) is 14.7. The number of carbonyl (C=O) groups excluding carboxylic acids is 1. The number of rotatable bonds is 2. The van der Waals surface area contributed by atoms with Crippen LogP contribution >= 0.6 is 0 Å². The molecule has 2 aliphatic heterocycles. The van der Waals surface area contributed by atoms with Gasteiger partial charge in [-0.15, -0.1) is 5.10 Å². The van der Waals surface area contributed by atoms with Crippen molar-refractivity contribution >= 4 is 5.78 Å². The van der Waals surface area contributed by atoms with Gasteiger partial charge in [0, 0.05) is 13.0 Å². The standard InChI is InChI=1S/C10H13N3O2.C6H6/c1-10(5-15-6-10)8(14)9-11-7-3-2-4-13(7)12-9;1-2-4-6-5-3-1/h2-6H2,1H3;1-6H. The first-order valence-corrected chi connectivity index (χ1v) is 7.25. The van der Waals surface area contributed by atoms with Gasteiger partial charge < -0.3 is 4.74 Å². The number of aromatic nitrogens is 3. The van der Waals surface area contributed by atoms with Crippen LogP contribution in [0, 0.1) is 5.41 Å². The third kappa shape index (κ3) is 2.88. The van der Waals surface area contributed by atoms with Crippen molar-refractivity contribution in [3.8, 4) is 0 Å². The first-order chi connectivity index (χ1) is 10.2. The lowest BCUT2D eigenvalue weighted by atomic mass is 9.83. The molecule has 1 fully saturated rings. The molecule has 2 aliphatic rings. The second kappa shape index (κ2) is 5.77. The maximum Gasteiger partial charge on any atom is 0.218 e. The summed E-state index contributed by atoms with van der Waals surface area (Å²) in [4.78, 5) is 16.3. The second-order valence-corrected chi connectivity index (χ2v) is 5.72. The van der Waals surface area contributed by atoms with Crippen LogP contribution < -0.4 is 0 Å². The Morgan fingerprint density at radius 2 is 1.81 bits per heavy atom. The van der Waals surface area contributed by atoms with E-state index >= 15 is 0 Å². The Hall–Kier alpha value is -2.01. The molecule has 0 amide bonds. The van der Waals surface area contributed by atoms with Crippen molar-refractivity contribution in [2.45, 2.75) is 26.3 Å². The van der Waals surface area contributed by atoms with Gasteiger partial charge in [0.2, 0.25) is 11.6 Å². The van der Waals surface area contributed by atoms with Crippen molar-refractivity contribution in [2.24, 2.45) is 5.41 Å². The van der Waals surface area contributed by atoms with E-state index in [0.717, 1.165) is 25.2 Å². The van der Waals surface area contributed by atoms with Crippen molar-refractivity contribution in [2.75, 3.05) is 13.2 Å². The van der Waals surface area contributed by atoms with E-state index < -0.39 is 0 Å². The maximum absolute atomic E-state index is 12.0. The molecule has 21 heavy (non-hydrogen) atoms. The van der Waals surface area contributed by atoms with Gasteiger partial charge in [-0.2, -0.15) is 0 Å². The topological polar surface area (TPSA) is 57.0 Å². The summed E-state index contributed by atoms with van der Waals surface area (Å²) in [5.74, 6) is 1.34. The fraction of sp³-hybridized carbons (Fsp3) is 0.438. The lowest BCUT2D eigenvalue weighted by Gasteiger charge is -2.35. The van der Waals surface area contributed by atoms with Crippen molar-refractivity contribution in [1.29, 1.82) is 0 Å². The van der Waals surface area contributed by atoms with Gasteiger partial charge >= 0.3 is 0 Å². The van der Waals surface area contributed by atoms with E-state index in [9.17, 15) is 4.79 Å². The Morgan fingerprint density at radius 1 is 1.19 bits per heavy atom. The number of aryl methyl sites for hydroxylation is 2. The van der Waals surface area contributed by atoms with Crippen LogP contribution in [-0.4, -0.2) is 33.8 Å². The normalized spacial score (nSPS) is 18.1. The highest BCUT2D eigenvalue weighted by Crippen LogP contribution is 2.30. The number of hydrogen-bond acceptors (Lipinski definition) is 4. The van der Waals surface area contributed by atoms with Gasteiger partial charge in [0.15, 0.2) is 0 Å². The quantitative estimate of drug-likeness (QED) is 0.793. The first kappa shape index (κ1) is 13.9. The minimum atomic E-state index is -0.386. The van der Waals surface area contributed by atoms with Gasteiger partial charge in [-0.3, -0.25) is 4.79 Å². The van der Waals surface area contributed by atoms with E-state index in [2.05, 4.69) is 10.1 Å². The molecule has 5 nitrogen and oxygen atoms in total. The molecule has 0 bridgehead atoms. The Kier molecular flexibility index (Phi) is 3.84. The minimum Gasteiger partial charge on any atom is -0.379 e. The van der Waals surface area contributed by atoms with E-state index in [1.54, 1.807) is 0 Å². The molecule has 5 heteroatoms. The molecule has 0 N–H and O–H groups in total. The number of carbonyl (C=O) groups is 1. The molecular weight excluding hydrogens is 266 g/mol. The molecule has 110 valence electrons. The lowest BCUT2D eigenvalue weighted by molar-refractivity contribution is -0.0772. The predicted octanol–water partition coefficient (Wildman–Crippen LogP) is 2.13. The van der Waals surface area contributed by atoms with Crippen LogP contribution in [-0.2, 0) is 17.7 Å². The molecule has 0 radical (unpaired) electrons. The number of fused-ring (bicyclic) bond motifs is 1. The number of ketones is 1. The summed E-state index contributed by atoms with van der Waals surface area (Å²) >= 11 is 0. The summed E-state index contributed by atoms with van der Waals surface area (Å²) in [6.45, 7) is 3.79. The number of hydrogen-bond donors (Lipinski definition) is 0. The minimum absolute atomic E-state index is 0.0238. The molecule has 1 saturated heterocycles. The van der Waals surface area contributed by atoms with E-state index in [1.807, 2.05) is 48.0 Å². The van der Waals surface area contributed by atoms with Gasteiger partial charge in [-0.05, 0) is 13.3 Å². The fourth-order valence-corrected chi connectivity index (χ4v) is 2.42.